The molecule has 3 nitrogen and oxygen atoms in total. The number of hydrogen-bond donors (Lipinski definition) is 0. The minimum absolute atomic E-state index is 0.248. The number of halogens is 2. The van der Waals surface area contributed by atoms with Crippen LogP contribution < -0.4 is 9.47 Å². The van der Waals surface area contributed by atoms with Crippen LogP contribution in [-0.2, 0) is 6.61 Å². The maximum Gasteiger partial charge on any atom is 0.141 e. The van der Waals surface area contributed by atoms with E-state index in [1.807, 2.05) is 0 Å². The van der Waals surface area contributed by atoms with Crippen LogP contribution in [0.3, 0.4) is 0 Å². The average Bonchev–Trinajstić information content (AvgIpc) is 2.46. The van der Waals surface area contributed by atoms with Gasteiger partial charge in [-0.3, -0.25) is 0 Å². The van der Waals surface area contributed by atoms with Crippen LogP contribution in [0.15, 0.2) is 36.4 Å². The van der Waals surface area contributed by atoms with Crippen molar-refractivity contribution in [1.82, 2.24) is 0 Å². The van der Waals surface area contributed by atoms with Gasteiger partial charge in [0.15, 0.2) is 0 Å². The number of methoxy groups -OCH3 is 1. The van der Waals surface area contributed by atoms with E-state index in [4.69, 9.17) is 37.9 Å². The molecule has 2 aromatic rings. The molecule has 0 heterocycles. The van der Waals surface area contributed by atoms with Crippen molar-refractivity contribution < 1.29 is 9.47 Å². The fourth-order valence-electron chi connectivity index (χ4n) is 1.64. The van der Waals surface area contributed by atoms with Gasteiger partial charge in [0.1, 0.15) is 24.2 Å². The second kappa shape index (κ2) is 6.51. The maximum atomic E-state index is 9.06. The lowest BCUT2D eigenvalue weighted by molar-refractivity contribution is 0.303. The highest BCUT2D eigenvalue weighted by atomic mass is 35.5. The summed E-state index contributed by atoms with van der Waals surface area (Å²) in [5.41, 5.74) is 1.23. The molecule has 0 saturated heterocycles. The first-order valence-corrected chi connectivity index (χ1v) is 6.54. The average molecular weight is 308 g/mol. The number of benzene rings is 2. The van der Waals surface area contributed by atoms with Crippen molar-refractivity contribution >= 4 is 23.2 Å². The largest absolute Gasteiger partial charge is 0.497 e. The highest BCUT2D eigenvalue weighted by molar-refractivity contribution is 6.35. The van der Waals surface area contributed by atoms with Crippen LogP contribution in [0.25, 0.3) is 0 Å². The predicted octanol–water partition coefficient (Wildman–Crippen LogP) is 4.45. The van der Waals surface area contributed by atoms with Crippen LogP contribution in [0.2, 0.25) is 10.0 Å². The Morgan fingerprint density at radius 3 is 2.60 bits per heavy atom. The summed E-state index contributed by atoms with van der Waals surface area (Å²) in [5, 5.41) is 10.2. The molecule has 0 aliphatic carbocycles. The van der Waals surface area contributed by atoms with E-state index in [0.29, 0.717) is 27.1 Å². The molecular weight excluding hydrogens is 297 g/mol. The van der Waals surface area contributed by atoms with E-state index >= 15 is 0 Å². The molecule has 0 amide bonds. The zero-order chi connectivity index (χ0) is 14.5. The smallest absolute Gasteiger partial charge is 0.141 e. The number of ether oxygens (including phenoxy) is 2. The third kappa shape index (κ3) is 3.36. The molecule has 0 aromatic heterocycles. The molecule has 0 atom stereocenters. The first-order chi connectivity index (χ1) is 9.63. The monoisotopic (exact) mass is 307 g/mol. The Morgan fingerprint density at radius 1 is 1.15 bits per heavy atom. The molecule has 0 N–H and O–H groups in total. The van der Waals surface area contributed by atoms with Crippen LogP contribution in [0.1, 0.15) is 11.1 Å². The van der Waals surface area contributed by atoms with E-state index in [2.05, 4.69) is 6.07 Å². The molecular formula is C15H11Cl2NO2. The third-order valence-corrected chi connectivity index (χ3v) is 3.29. The topological polar surface area (TPSA) is 42.2 Å². The van der Waals surface area contributed by atoms with Gasteiger partial charge in [0, 0.05) is 21.7 Å². The summed E-state index contributed by atoms with van der Waals surface area (Å²) in [7, 11) is 1.56. The van der Waals surface area contributed by atoms with Crippen LogP contribution in [0.5, 0.6) is 11.5 Å². The standard InChI is InChI=1S/C15H11Cl2NO2/c1-19-13-5-3-10(8-18)15(7-13)20-9-11-2-4-12(16)6-14(11)17/h2-7H,9H2,1H3. The van der Waals surface area contributed by atoms with Crippen molar-refractivity contribution in [3.8, 4) is 17.6 Å². The maximum absolute atomic E-state index is 9.06. The second-order valence-corrected chi connectivity index (χ2v) is 4.84. The number of rotatable bonds is 4. The Labute approximate surface area is 127 Å². The molecule has 2 aromatic carbocycles. The number of nitriles is 1. The fourth-order valence-corrected chi connectivity index (χ4v) is 2.10. The Bertz CT molecular complexity index is 665. The molecule has 0 aliphatic rings. The van der Waals surface area contributed by atoms with Gasteiger partial charge >= 0.3 is 0 Å². The summed E-state index contributed by atoms with van der Waals surface area (Å²) in [6.07, 6.45) is 0. The van der Waals surface area contributed by atoms with Crippen LogP contribution in [-0.4, -0.2) is 7.11 Å². The van der Waals surface area contributed by atoms with Gasteiger partial charge in [0.05, 0.1) is 12.7 Å². The molecule has 0 saturated carbocycles. The molecule has 0 spiro atoms. The van der Waals surface area contributed by atoms with Crippen LogP contribution in [0.4, 0.5) is 0 Å². The van der Waals surface area contributed by atoms with Gasteiger partial charge in [0.2, 0.25) is 0 Å². The van der Waals surface area contributed by atoms with Gasteiger partial charge in [-0.1, -0.05) is 29.3 Å². The normalized spacial score (nSPS) is 9.90. The zero-order valence-corrected chi connectivity index (χ0v) is 12.2. The van der Waals surface area contributed by atoms with E-state index in [0.717, 1.165) is 5.56 Å². The summed E-state index contributed by atoms with van der Waals surface area (Å²) in [5.74, 6) is 1.08. The van der Waals surface area contributed by atoms with Crippen molar-refractivity contribution in [2.45, 2.75) is 6.61 Å². The molecule has 5 heteroatoms. The predicted molar refractivity (Wildman–Crippen MR) is 78.5 cm³/mol. The number of nitrogens with zero attached hydrogens (tertiary/aromatic N) is 1. The summed E-state index contributed by atoms with van der Waals surface area (Å²) >= 11 is 11.9. The van der Waals surface area contributed by atoms with Crippen molar-refractivity contribution in [3.63, 3.8) is 0 Å². The molecule has 0 radical (unpaired) electrons. The van der Waals surface area contributed by atoms with E-state index in [9.17, 15) is 0 Å². The Morgan fingerprint density at radius 2 is 1.95 bits per heavy atom. The highest BCUT2D eigenvalue weighted by Crippen LogP contribution is 2.27. The van der Waals surface area contributed by atoms with Gasteiger partial charge in [-0.2, -0.15) is 5.26 Å². The van der Waals surface area contributed by atoms with Crippen LogP contribution >= 0.6 is 23.2 Å². The van der Waals surface area contributed by atoms with Crippen molar-refractivity contribution in [3.05, 3.63) is 57.6 Å². The fraction of sp³-hybridized carbons (Fsp3) is 0.133. The minimum atomic E-state index is 0.248. The van der Waals surface area contributed by atoms with Gasteiger partial charge in [-0.05, 0) is 24.3 Å². The molecule has 20 heavy (non-hydrogen) atoms. The number of hydrogen-bond acceptors (Lipinski definition) is 3. The van der Waals surface area contributed by atoms with Crippen molar-refractivity contribution in [2.75, 3.05) is 7.11 Å². The van der Waals surface area contributed by atoms with Gasteiger partial charge in [0.25, 0.3) is 0 Å². The molecule has 0 fully saturated rings. The SMILES string of the molecule is COc1ccc(C#N)c(OCc2ccc(Cl)cc2Cl)c1. The Hall–Kier alpha value is -1.89. The summed E-state index contributed by atoms with van der Waals surface area (Å²) in [6.45, 7) is 0.248. The van der Waals surface area contributed by atoms with Gasteiger partial charge in [-0.25, -0.2) is 0 Å². The first kappa shape index (κ1) is 14.5. The Kier molecular flexibility index (Phi) is 4.73. The molecule has 0 bridgehead atoms. The molecule has 2 rings (SSSR count). The first-order valence-electron chi connectivity index (χ1n) is 5.79. The van der Waals surface area contributed by atoms with Crippen LogP contribution in [0, 0.1) is 11.3 Å². The van der Waals surface area contributed by atoms with E-state index in [1.165, 1.54) is 0 Å². The summed E-state index contributed by atoms with van der Waals surface area (Å²) < 4.78 is 10.8. The van der Waals surface area contributed by atoms with E-state index < -0.39 is 0 Å². The zero-order valence-electron chi connectivity index (χ0n) is 10.7. The highest BCUT2D eigenvalue weighted by Gasteiger charge is 2.07. The van der Waals surface area contributed by atoms with Gasteiger partial charge < -0.3 is 9.47 Å². The molecule has 0 aliphatic heterocycles. The van der Waals surface area contributed by atoms with E-state index in [1.54, 1.807) is 43.5 Å². The Balaban J connectivity index is 2.20. The lowest BCUT2D eigenvalue weighted by Crippen LogP contribution is -1.98. The quantitative estimate of drug-likeness (QED) is 0.838. The lowest BCUT2D eigenvalue weighted by atomic mass is 10.2. The third-order valence-electron chi connectivity index (χ3n) is 2.71. The van der Waals surface area contributed by atoms with E-state index in [-0.39, 0.29) is 6.61 Å². The lowest BCUT2D eigenvalue weighted by Gasteiger charge is -2.10. The summed E-state index contributed by atoms with van der Waals surface area (Å²) in [6, 6.07) is 12.3. The second-order valence-electron chi connectivity index (χ2n) is 4.00. The van der Waals surface area contributed by atoms with Crippen molar-refractivity contribution in [1.29, 1.82) is 5.26 Å². The minimum Gasteiger partial charge on any atom is -0.497 e. The van der Waals surface area contributed by atoms with Gasteiger partial charge in [-0.15, -0.1) is 0 Å². The summed E-state index contributed by atoms with van der Waals surface area (Å²) in [4.78, 5) is 0. The molecule has 102 valence electrons. The van der Waals surface area contributed by atoms with Crippen molar-refractivity contribution in [2.24, 2.45) is 0 Å². The molecule has 0 unspecified atom stereocenters.